The van der Waals surface area contributed by atoms with Gasteiger partial charge < -0.3 is 0 Å². The van der Waals surface area contributed by atoms with Gasteiger partial charge in [-0.05, 0) is 37.9 Å². The Morgan fingerprint density at radius 2 is 2.13 bits per heavy atom. The molecule has 2 heteroatoms. The highest BCUT2D eigenvalue weighted by atomic mass is 14.9. The molecule has 0 aromatic heterocycles. The Balaban J connectivity index is 2.91. The van der Waals surface area contributed by atoms with E-state index in [0.29, 0.717) is 0 Å². The molecule has 1 atom stereocenters. The van der Waals surface area contributed by atoms with E-state index in [0.717, 1.165) is 18.5 Å². The lowest BCUT2D eigenvalue weighted by atomic mass is 10.00. The number of hydrogen-bond donors (Lipinski definition) is 1. The zero-order valence-electron chi connectivity index (χ0n) is 9.67. The van der Waals surface area contributed by atoms with Crippen molar-refractivity contribution in [3.05, 3.63) is 34.9 Å². The summed E-state index contributed by atoms with van der Waals surface area (Å²) in [5, 5.41) is 12.4. The van der Waals surface area contributed by atoms with Crippen LogP contribution in [-0.2, 0) is 0 Å². The van der Waals surface area contributed by atoms with Crippen molar-refractivity contribution in [3.63, 3.8) is 0 Å². The maximum atomic E-state index is 9.11. The van der Waals surface area contributed by atoms with Crippen LogP contribution in [0.25, 0.3) is 0 Å². The van der Waals surface area contributed by atoms with E-state index in [1.807, 2.05) is 6.92 Å². The lowest BCUT2D eigenvalue weighted by Crippen LogP contribution is -2.21. The van der Waals surface area contributed by atoms with Crippen molar-refractivity contribution in [2.75, 3.05) is 6.54 Å². The molecule has 1 rings (SSSR count). The molecule has 0 bridgehead atoms. The molecule has 1 aromatic rings. The summed E-state index contributed by atoms with van der Waals surface area (Å²) in [7, 11) is 0. The molecule has 2 nitrogen and oxygen atoms in total. The van der Waals surface area contributed by atoms with Gasteiger partial charge in [-0.2, -0.15) is 5.26 Å². The number of nitrogens with one attached hydrogen (secondary N) is 1. The number of nitriles is 1. The Labute approximate surface area is 91.9 Å². The molecule has 1 unspecified atom stereocenters. The van der Waals surface area contributed by atoms with Crippen LogP contribution in [0.2, 0.25) is 0 Å². The highest BCUT2D eigenvalue weighted by molar-refractivity contribution is 5.35. The standard InChI is InChI=1S/C13H18N2/c1-4-7-15-13(9-14)12-8-10(2)5-6-11(12)3/h5-6,8,13,15H,4,7H2,1-3H3. The lowest BCUT2D eigenvalue weighted by molar-refractivity contribution is 0.618. The summed E-state index contributed by atoms with van der Waals surface area (Å²) in [6.07, 6.45) is 1.04. The predicted octanol–water partition coefficient (Wildman–Crippen LogP) is 2.87. The maximum absolute atomic E-state index is 9.11. The monoisotopic (exact) mass is 202 g/mol. The van der Waals surface area contributed by atoms with Gasteiger partial charge in [0, 0.05) is 0 Å². The SMILES string of the molecule is CCCNC(C#N)c1cc(C)ccc1C. The number of benzene rings is 1. The van der Waals surface area contributed by atoms with Gasteiger partial charge in [-0.1, -0.05) is 30.7 Å². The second-order valence-electron chi connectivity index (χ2n) is 3.88. The highest BCUT2D eigenvalue weighted by Gasteiger charge is 2.11. The van der Waals surface area contributed by atoms with Crippen LogP contribution in [0.5, 0.6) is 0 Å². The predicted molar refractivity (Wildman–Crippen MR) is 62.6 cm³/mol. The molecular formula is C13H18N2. The van der Waals surface area contributed by atoms with Crippen LogP contribution in [0.4, 0.5) is 0 Å². The first-order valence-corrected chi connectivity index (χ1v) is 5.39. The van der Waals surface area contributed by atoms with Crippen molar-refractivity contribution in [1.29, 1.82) is 5.26 Å². The number of rotatable bonds is 4. The van der Waals surface area contributed by atoms with Crippen molar-refractivity contribution in [3.8, 4) is 6.07 Å². The van der Waals surface area contributed by atoms with E-state index < -0.39 is 0 Å². The molecule has 0 aliphatic carbocycles. The summed E-state index contributed by atoms with van der Waals surface area (Å²) in [5.74, 6) is 0. The summed E-state index contributed by atoms with van der Waals surface area (Å²) >= 11 is 0. The molecule has 1 aromatic carbocycles. The minimum Gasteiger partial charge on any atom is -0.298 e. The van der Waals surface area contributed by atoms with Crippen molar-refractivity contribution < 1.29 is 0 Å². The highest BCUT2D eigenvalue weighted by Crippen LogP contribution is 2.18. The number of aryl methyl sites for hydroxylation is 2. The van der Waals surface area contributed by atoms with Gasteiger partial charge >= 0.3 is 0 Å². The first kappa shape index (κ1) is 11.7. The second kappa shape index (κ2) is 5.53. The van der Waals surface area contributed by atoms with E-state index in [-0.39, 0.29) is 6.04 Å². The van der Waals surface area contributed by atoms with Crippen LogP contribution in [0, 0.1) is 25.2 Å². The second-order valence-corrected chi connectivity index (χ2v) is 3.88. The quantitative estimate of drug-likeness (QED) is 0.815. The Hall–Kier alpha value is -1.33. The lowest BCUT2D eigenvalue weighted by Gasteiger charge is -2.14. The molecule has 0 saturated carbocycles. The Bertz CT molecular complexity index is 363. The zero-order chi connectivity index (χ0) is 11.3. The third kappa shape index (κ3) is 3.07. The molecule has 15 heavy (non-hydrogen) atoms. The molecule has 80 valence electrons. The summed E-state index contributed by atoms with van der Waals surface area (Å²) in [5.41, 5.74) is 3.48. The van der Waals surface area contributed by atoms with Crippen LogP contribution >= 0.6 is 0 Å². The maximum Gasteiger partial charge on any atom is 0.121 e. The van der Waals surface area contributed by atoms with Gasteiger partial charge in [-0.3, -0.25) is 5.32 Å². The minimum absolute atomic E-state index is 0.176. The minimum atomic E-state index is -0.176. The van der Waals surface area contributed by atoms with Crippen molar-refractivity contribution >= 4 is 0 Å². The van der Waals surface area contributed by atoms with E-state index in [1.54, 1.807) is 0 Å². The van der Waals surface area contributed by atoms with Crippen LogP contribution in [0.1, 0.15) is 36.1 Å². The first-order chi connectivity index (χ1) is 7.19. The Morgan fingerprint density at radius 1 is 1.40 bits per heavy atom. The van der Waals surface area contributed by atoms with Crippen LogP contribution in [0.3, 0.4) is 0 Å². The van der Waals surface area contributed by atoms with E-state index in [1.165, 1.54) is 11.1 Å². The van der Waals surface area contributed by atoms with Crippen LogP contribution in [0.15, 0.2) is 18.2 Å². The van der Waals surface area contributed by atoms with E-state index in [4.69, 9.17) is 5.26 Å². The fraction of sp³-hybridized carbons (Fsp3) is 0.462. The Kier molecular flexibility index (Phi) is 4.33. The third-order valence-electron chi connectivity index (χ3n) is 2.47. The normalized spacial score (nSPS) is 12.1. The average molecular weight is 202 g/mol. The van der Waals surface area contributed by atoms with Crippen molar-refractivity contribution in [1.82, 2.24) is 5.32 Å². The molecule has 1 N–H and O–H groups in total. The molecule has 0 radical (unpaired) electrons. The van der Waals surface area contributed by atoms with Gasteiger partial charge in [0.2, 0.25) is 0 Å². The van der Waals surface area contributed by atoms with E-state index in [2.05, 4.69) is 43.4 Å². The van der Waals surface area contributed by atoms with Gasteiger partial charge in [0.1, 0.15) is 6.04 Å². The van der Waals surface area contributed by atoms with Gasteiger partial charge in [0.25, 0.3) is 0 Å². The number of nitrogens with zero attached hydrogens (tertiary/aromatic N) is 1. The molecule has 0 saturated heterocycles. The largest absolute Gasteiger partial charge is 0.298 e. The number of hydrogen-bond acceptors (Lipinski definition) is 2. The summed E-state index contributed by atoms with van der Waals surface area (Å²) in [6.45, 7) is 7.08. The molecule has 0 aliphatic heterocycles. The fourth-order valence-corrected chi connectivity index (χ4v) is 1.58. The van der Waals surface area contributed by atoms with Gasteiger partial charge in [-0.15, -0.1) is 0 Å². The first-order valence-electron chi connectivity index (χ1n) is 5.39. The summed E-state index contributed by atoms with van der Waals surface area (Å²) < 4.78 is 0. The summed E-state index contributed by atoms with van der Waals surface area (Å²) in [4.78, 5) is 0. The molecule has 0 fully saturated rings. The molecular weight excluding hydrogens is 184 g/mol. The Morgan fingerprint density at radius 3 is 2.73 bits per heavy atom. The fourth-order valence-electron chi connectivity index (χ4n) is 1.58. The average Bonchev–Trinajstić information content (AvgIpc) is 2.24. The van der Waals surface area contributed by atoms with E-state index >= 15 is 0 Å². The third-order valence-corrected chi connectivity index (χ3v) is 2.47. The topological polar surface area (TPSA) is 35.8 Å². The van der Waals surface area contributed by atoms with Crippen LogP contribution < -0.4 is 5.32 Å². The molecule has 0 aliphatic rings. The molecule has 0 heterocycles. The van der Waals surface area contributed by atoms with Crippen molar-refractivity contribution in [2.45, 2.75) is 33.2 Å². The van der Waals surface area contributed by atoms with Gasteiger partial charge in [0.05, 0.1) is 6.07 Å². The van der Waals surface area contributed by atoms with E-state index in [9.17, 15) is 0 Å². The van der Waals surface area contributed by atoms with Crippen LogP contribution in [-0.4, -0.2) is 6.54 Å². The molecule has 0 spiro atoms. The smallest absolute Gasteiger partial charge is 0.121 e. The molecule has 0 amide bonds. The zero-order valence-corrected chi connectivity index (χ0v) is 9.67. The summed E-state index contributed by atoms with van der Waals surface area (Å²) in [6, 6.07) is 8.37. The van der Waals surface area contributed by atoms with Gasteiger partial charge in [-0.25, -0.2) is 0 Å². The van der Waals surface area contributed by atoms with Gasteiger partial charge in [0.15, 0.2) is 0 Å². The van der Waals surface area contributed by atoms with Crippen molar-refractivity contribution in [2.24, 2.45) is 0 Å².